The van der Waals surface area contributed by atoms with Crippen LogP contribution in [-0.2, 0) is 16.0 Å². The van der Waals surface area contributed by atoms with Crippen molar-refractivity contribution in [2.75, 3.05) is 13.7 Å². The molecule has 0 amide bonds. The molecule has 102 valence electrons. The van der Waals surface area contributed by atoms with Crippen LogP contribution in [-0.4, -0.2) is 25.7 Å². The summed E-state index contributed by atoms with van der Waals surface area (Å²) < 4.78 is 10.8. The van der Waals surface area contributed by atoms with E-state index >= 15 is 0 Å². The van der Waals surface area contributed by atoms with Crippen molar-refractivity contribution in [3.63, 3.8) is 0 Å². The molecule has 4 heteroatoms. The summed E-state index contributed by atoms with van der Waals surface area (Å²) >= 11 is 0. The van der Waals surface area contributed by atoms with Crippen LogP contribution in [0.4, 0.5) is 0 Å². The number of hydrogen-bond acceptors (Lipinski definition) is 4. The van der Waals surface area contributed by atoms with E-state index in [1.54, 1.807) is 0 Å². The second-order valence-corrected chi connectivity index (χ2v) is 5.12. The van der Waals surface area contributed by atoms with Crippen molar-refractivity contribution in [3.8, 4) is 5.75 Å². The number of esters is 1. The standard InChI is InChI=1S/C15H19NO3/c1-16-12-6-2-5-11-10(12)4-3-7-13(11)19-14-8-9-18-15(14)17/h3-4,7,12,14,16H,2,5-6,8-9H2,1H3. The van der Waals surface area contributed by atoms with Gasteiger partial charge in [-0.05, 0) is 43.5 Å². The van der Waals surface area contributed by atoms with Gasteiger partial charge < -0.3 is 14.8 Å². The fourth-order valence-electron chi connectivity index (χ4n) is 2.96. The van der Waals surface area contributed by atoms with Crippen molar-refractivity contribution >= 4 is 5.97 Å². The molecule has 19 heavy (non-hydrogen) atoms. The Bertz CT molecular complexity index is 486. The van der Waals surface area contributed by atoms with Crippen LogP contribution in [0.25, 0.3) is 0 Å². The Labute approximate surface area is 113 Å². The zero-order valence-corrected chi connectivity index (χ0v) is 11.1. The SMILES string of the molecule is CNC1CCCc2c(OC3CCOC3=O)cccc21. The largest absolute Gasteiger partial charge is 0.478 e. The van der Waals surface area contributed by atoms with Gasteiger partial charge >= 0.3 is 5.97 Å². The number of carbonyl (C=O) groups excluding carboxylic acids is 1. The van der Waals surface area contributed by atoms with Crippen LogP contribution in [0.2, 0.25) is 0 Å². The number of cyclic esters (lactones) is 1. The highest BCUT2D eigenvalue weighted by molar-refractivity contribution is 5.76. The molecule has 1 aromatic rings. The first-order chi connectivity index (χ1) is 9.29. The van der Waals surface area contributed by atoms with E-state index in [4.69, 9.17) is 9.47 Å². The number of fused-ring (bicyclic) bond motifs is 1. The predicted molar refractivity (Wildman–Crippen MR) is 71.2 cm³/mol. The lowest BCUT2D eigenvalue weighted by atomic mass is 9.87. The molecule has 1 saturated heterocycles. The molecule has 1 aliphatic carbocycles. The van der Waals surface area contributed by atoms with Crippen molar-refractivity contribution in [1.29, 1.82) is 0 Å². The molecule has 2 unspecified atom stereocenters. The van der Waals surface area contributed by atoms with E-state index in [1.807, 2.05) is 19.2 Å². The van der Waals surface area contributed by atoms with Gasteiger partial charge in [-0.25, -0.2) is 4.79 Å². The van der Waals surface area contributed by atoms with Crippen LogP contribution in [0.1, 0.15) is 36.4 Å². The summed E-state index contributed by atoms with van der Waals surface area (Å²) in [6.45, 7) is 0.470. The minimum Gasteiger partial charge on any atom is -0.478 e. The number of carbonyl (C=O) groups is 1. The first-order valence-corrected chi connectivity index (χ1v) is 6.92. The van der Waals surface area contributed by atoms with Crippen LogP contribution < -0.4 is 10.1 Å². The maximum Gasteiger partial charge on any atom is 0.347 e. The Hall–Kier alpha value is -1.55. The van der Waals surface area contributed by atoms with Crippen LogP contribution >= 0.6 is 0 Å². The summed E-state index contributed by atoms with van der Waals surface area (Å²) in [5.41, 5.74) is 2.55. The van der Waals surface area contributed by atoms with Crippen LogP contribution in [0, 0.1) is 0 Å². The van der Waals surface area contributed by atoms with Crippen molar-refractivity contribution in [1.82, 2.24) is 5.32 Å². The molecular formula is C15H19NO3. The lowest BCUT2D eigenvalue weighted by Crippen LogP contribution is -2.25. The first kappa shape index (κ1) is 12.5. The van der Waals surface area contributed by atoms with Gasteiger partial charge in [0.15, 0.2) is 6.10 Å². The Balaban J connectivity index is 1.88. The summed E-state index contributed by atoms with van der Waals surface area (Å²) in [5, 5.41) is 3.34. The van der Waals surface area contributed by atoms with Gasteiger partial charge in [-0.15, -0.1) is 0 Å². The fraction of sp³-hybridized carbons (Fsp3) is 0.533. The highest BCUT2D eigenvalue weighted by Gasteiger charge is 2.30. The van der Waals surface area contributed by atoms with E-state index in [1.165, 1.54) is 11.1 Å². The molecular weight excluding hydrogens is 242 g/mol. The van der Waals surface area contributed by atoms with E-state index in [0.29, 0.717) is 19.1 Å². The zero-order chi connectivity index (χ0) is 13.2. The molecule has 1 heterocycles. The average molecular weight is 261 g/mol. The third-order valence-corrected chi connectivity index (χ3v) is 3.97. The highest BCUT2D eigenvalue weighted by atomic mass is 16.6. The maximum atomic E-state index is 11.5. The topological polar surface area (TPSA) is 47.6 Å². The summed E-state index contributed by atoms with van der Waals surface area (Å²) in [7, 11) is 1.99. The van der Waals surface area contributed by atoms with Gasteiger partial charge in [-0.1, -0.05) is 12.1 Å². The van der Waals surface area contributed by atoms with Crippen LogP contribution in [0.5, 0.6) is 5.75 Å². The number of rotatable bonds is 3. The van der Waals surface area contributed by atoms with E-state index in [-0.39, 0.29) is 5.97 Å². The van der Waals surface area contributed by atoms with Gasteiger partial charge in [0.2, 0.25) is 0 Å². The Morgan fingerprint density at radius 1 is 1.37 bits per heavy atom. The molecule has 2 atom stereocenters. The smallest absolute Gasteiger partial charge is 0.347 e. The molecule has 1 N–H and O–H groups in total. The van der Waals surface area contributed by atoms with Crippen molar-refractivity contribution in [3.05, 3.63) is 29.3 Å². The van der Waals surface area contributed by atoms with Crippen molar-refractivity contribution in [2.24, 2.45) is 0 Å². The lowest BCUT2D eigenvalue weighted by molar-refractivity contribution is -0.143. The predicted octanol–water partition coefficient (Wildman–Crippen LogP) is 1.98. The van der Waals surface area contributed by atoms with Gasteiger partial charge in [0, 0.05) is 12.5 Å². The fourth-order valence-corrected chi connectivity index (χ4v) is 2.96. The second kappa shape index (κ2) is 5.21. The summed E-state index contributed by atoms with van der Waals surface area (Å²) in [6, 6.07) is 6.50. The molecule has 3 rings (SSSR count). The quantitative estimate of drug-likeness (QED) is 0.845. The average Bonchev–Trinajstić information content (AvgIpc) is 2.84. The number of nitrogens with one attached hydrogen (secondary N) is 1. The van der Waals surface area contributed by atoms with Crippen LogP contribution in [0.3, 0.4) is 0 Å². The molecule has 0 bridgehead atoms. The third-order valence-electron chi connectivity index (χ3n) is 3.97. The Morgan fingerprint density at radius 3 is 3.00 bits per heavy atom. The van der Waals surface area contributed by atoms with Gasteiger partial charge in [0.05, 0.1) is 6.61 Å². The van der Waals surface area contributed by atoms with E-state index < -0.39 is 6.10 Å². The molecule has 1 fully saturated rings. The van der Waals surface area contributed by atoms with Crippen molar-refractivity contribution in [2.45, 2.75) is 37.8 Å². The van der Waals surface area contributed by atoms with Gasteiger partial charge in [0.1, 0.15) is 5.75 Å². The summed E-state index contributed by atoms with van der Waals surface area (Å²) in [5.74, 6) is 0.611. The van der Waals surface area contributed by atoms with E-state index in [9.17, 15) is 4.79 Å². The molecule has 1 aromatic carbocycles. The highest BCUT2D eigenvalue weighted by Crippen LogP contribution is 2.36. The summed E-state index contributed by atoms with van der Waals surface area (Å²) in [6.07, 6.45) is 3.54. The van der Waals surface area contributed by atoms with Crippen LogP contribution in [0.15, 0.2) is 18.2 Å². The molecule has 4 nitrogen and oxygen atoms in total. The first-order valence-electron chi connectivity index (χ1n) is 6.92. The van der Waals surface area contributed by atoms with Gasteiger partial charge in [-0.2, -0.15) is 0 Å². The number of benzene rings is 1. The maximum absolute atomic E-state index is 11.5. The van der Waals surface area contributed by atoms with E-state index in [2.05, 4.69) is 11.4 Å². The minimum atomic E-state index is -0.429. The van der Waals surface area contributed by atoms with E-state index in [0.717, 1.165) is 25.0 Å². The second-order valence-electron chi connectivity index (χ2n) is 5.12. The molecule has 0 saturated carbocycles. The normalized spacial score (nSPS) is 25.8. The Morgan fingerprint density at radius 2 is 2.26 bits per heavy atom. The minimum absolute atomic E-state index is 0.237. The summed E-state index contributed by atoms with van der Waals surface area (Å²) in [4.78, 5) is 11.5. The Kier molecular flexibility index (Phi) is 3.42. The monoisotopic (exact) mass is 261 g/mol. The zero-order valence-electron chi connectivity index (χ0n) is 11.1. The molecule has 0 radical (unpaired) electrons. The molecule has 0 aromatic heterocycles. The van der Waals surface area contributed by atoms with Crippen molar-refractivity contribution < 1.29 is 14.3 Å². The van der Waals surface area contributed by atoms with Gasteiger partial charge in [-0.3, -0.25) is 0 Å². The number of ether oxygens (including phenoxy) is 2. The van der Waals surface area contributed by atoms with Gasteiger partial charge in [0.25, 0.3) is 0 Å². The molecule has 0 spiro atoms. The number of hydrogen-bond donors (Lipinski definition) is 1. The lowest BCUT2D eigenvalue weighted by Gasteiger charge is -2.27. The third kappa shape index (κ3) is 2.32. The molecule has 1 aliphatic heterocycles. The molecule has 2 aliphatic rings.